The molecule has 0 heterocycles. The molecule has 0 aliphatic carbocycles. The summed E-state index contributed by atoms with van der Waals surface area (Å²) in [7, 11) is 0. The first-order valence-corrected chi connectivity index (χ1v) is 7.71. The number of carbonyl (C=O) groups excluding carboxylic acids is 1. The number of carbonyl (C=O) groups is 1. The predicted octanol–water partition coefficient (Wildman–Crippen LogP) is 4.98. The van der Waals surface area contributed by atoms with Gasteiger partial charge in [0.2, 0.25) is 0 Å². The number of rotatable bonds is 4. The van der Waals surface area contributed by atoms with Gasteiger partial charge in [0.25, 0.3) is 0 Å². The Labute approximate surface area is 125 Å². The molecule has 0 aliphatic rings. The second-order valence-electron chi connectivity index (χ2n) is 5.21. The van der Waals surface area contributed by atoms with Gasteiger partial charge in [0.05, 0.1) is 5.25 Å². The lowest BCUT2D eigenvalue weighted by Gasteiger charge is -2.14. The third kappa shape index (κ3) is 3.31. The quantitative estimate of drug-likeness (QED) is 0.582. The molecule has 2 rings (SSSR count). The van der Waals surface area contributed by atoms with Crippen molar-refractivity contribution in [2.45, 2.75) is 37.8 Å². The SMILES string of the molecule is Cc1ccc(C)c(C(=O)C(C)Sc2ccccc2C)c1. The first kappa shape index (κ1) is 14.9. The molecule has 0 fully saturated rings. The minimum Gasteiger partial charge on any atom is -0.293 e. The van der Waals surface area contributed by atoms with Gasteiger partial charge in [0.1, 0.15) is 0 Å². The zero-order chi connectivity index (χ0) is 14.7. The van der Waals surface area contributed by atoms with Crippen LogP contribution >= 0.6 is 11.8 Å². The molecule has 0 spiro atoms. The molecule has 0 saturated carbocycles. The Morgan fingerprint density at radius 2 is 1.70 bits per heavy atom. The van der Waals surface area contributed by atoms with Crippen LogP contribution in [0.4, 0.5) is 0 Å². The number of aryl methyl sites for hydroxylation is 3. The smallest absolute Gasteiger partial charge is 0.176 e. The van der Waals surface area contributed by atoms with E-state index in [2.05, 4.69) is 19.1 Å². The molecule has 1 atom stereocenters. The molecule has 0 amide bonds. The highest BCUT2D eigenvalue weighted by Gasteiger charge is 2.18. The Bertz CT molecular complexity index is 631. The molecule has 0 N–H and O–H groups in total. The Hall–Kier alpha value is -1.54. The summed E-state index contributed by atoms with van der Waals surface area (Å²) in [4.78, 5) is 13.8. The third-order valence-electron chi connectivity index (χ3n) is 3.43. The fourth-order valence-corrected chi connectivity index (χ4v) is 3.18. The van der Waals surface area contributed by atoms with E-state index in [9.17, 15) is 4.79 Å². The van der Waals surface area contributed by atoms with Crippen LogP contribution in [0.2, 0.25) is 0 Å². The normalized spacial score (nSPS) is 12.2. The van der Waals surface area contributed by atoms with Gasteiger partial charge < -0.3 is 0 Å². The molecule has 2 aromatic rings. The Morgan fingerprint density at radius 3 is 2.40 bits per heavy atom. The average Bonchev–Trinajstić information content (AvgIpc) is 2.43. The van der Waals surface area contributed by atoms with E-state index < -0.39 is 0 Å². The molecular formula is C18H20OS. The maximum absolute atomic E-state index is 12.6. The second kappa shape index (κ2) is 6.27. The zero-order valence-corrected chi connectivity index (χ0v) is 13.3. The second-order valence-corrected chi connectivity index (χ2v) is 6.59. The summed E-state index contributed by atoms with van der Waals surface area (Å²) in [6.45, 7) is 8.09. The van der Waals surface area contributed by atoms with E-state index in [1.807, 2.05) is 51.1 Å². The van der Waals surface area contributed by atoms with Gasteiger partial charge in [-0.2, -0.15) is 0 Å². The molecule has 20 heavy (non-hydrogen) atoms. The first-order chi connectivity index (χ1) is 9.49. The molecule has 2 heteroatoms. The highest BCUT2D eigenvalue weighted by atomic mass is 32.2. The van der Waals surface area contributed by atoms with E-state index in [1.54, 1.807) is 11.8 Å². The molecule has 0 aliphatic heterocycles. The molecule has 0 radical (unpaired) electrons. The summed E-state index contributed by atoms with van der Waals surface area (Å²) in [6.07, 6.45) is 0. The van der Waals surface area contributed by atoms with Crippen molar-refractivity contribution in [3.8, 4) is 0 Å². The van der Waals surface area contributed by atoms with Crippen LogP contribution in [0.15, 0.2) is 47.4 Å². The lowest BCUT2D eigenvalue weighted by Crippen LogP contribution is -2.15. The van der Waals surface area contributed by atoms with Crippen LogP contribution < -0.4 is 0 Å². The zero-order valence-electron chi connectivity index (χ0n) is 12.4. The lowest BCUT2D eigenvalue weighted by atomic mass is 10.0. The molecule has 1 nitrogen and oxygen atoms in total. The van der Waals surface area contributed by atoms with E-state index in [-0.39, 0.29) is 11.0 Å². The topological polar surface area (TPSA) is 17.1 Å². The van der Waals surface area contributed by atoms with Crippen molar-refractivity contribution < 1.29 is 4.79 Å². The summed E-state index contributed by atoms with van der Waals surface area (Å²) in [5, 5.41) is -0.0726. The maximum Gasteiger partial charge on any atom is 0.176 e. The van der Waals surface area contributed by atoms with Gasteiger partial charge in [-0.1, -0.05) is 35.9 Å². The molecule has 0 bridgehead atoms. The van der Waals surface area contributed by atoms with Crippen LogP contribution in [0, 0.1) is 20.8 Å². The van der Waals surface area contributed by atoms with Crippen LogP contribution in [0.25, 0.3) is 0 Å². The Balaban J connectivity index is 2.21. The number of ketones is 1. The molecule has 0 aromatic heterocycles. The van der Waals surface area contributed by atoms with E-state index in [4.69, 9.17) is 0 Å². The average molecular weight is 284 g/mol. The number of Topliss-reactive ketones (excluding diaryl/α,β-unsaturated/α-hetero) is 1. The van der Waals surface area contributed by atoms with Crippen molar-refractivity contribution in [2.75, 3.05) is 0 Å². The molecular weight excluding hydrogens is 264 g/mol. The van der Waals surface area contributed by atoms with Gasteiger partial charge in [0.15, 0.2) is 5.78 Å². The fourth-order valence-electron chi connectivity index (χ4n) is 2.15. The standard InChI is InChI=1S/C18H20OS/c1-12-9-10-13(2)16(11-12)18(19)15(4)20-17-8-6-5-7-14(17)3/h5-11,15H,1-4H3. The first-order valence-electron chi connectivity index (χ1n) is 6.83. The van der Waals surface area contributed by atoms with Crippen molar-refractivity contribution in [3.63, 3.8) is 0 Å². The van der Waals surface area contributed by atoms with Crippen LogP contribution in [-0.2, 0) is 0 Å². The minimum absolute atomic E-state index is 0.0726. The van der Waals surface area contributed by atoms with Gasteiger partial charge >= 0.3 is 0 Å². The van der Waals surface area contributed by atoms with Gasteiger partial charge in [-0.25, -0.2) is 0 Å². The van der Waals surface area contributed by atoms with Gasteiger partial charge in [-0.05, 0) is 51.0 Å². The molecule has 104 valence electrons. The van der Waals surface area contributed by atoms with Crippen LogP contribution in [0.5, 0.6) is 0 Å². The number of hydrogen-bond donors (Lipinski definition) is 0. The Morgan fingerprint density at radius 1 is 1.00 bits per heavy atom. The van der Waals surface area contributed by atoms with Crippen molar-refractivity contribution in [3.05, 3.63) is 64.7 Å². The van der Waals surface area contributed by atoms with Crippen LogP contribution in [0.3, 0.4) is 0 Å². The van der Waals surface area contributed by atoms with Gasteiger partial charge in [-0.3, -0.25) is 4.79 Å². The summed E-state index contributed by atoms with van der Waals surface area (Å²) in [6, 6.07) is 14.3. The van der Waals surface area contributed by atoms with Crippen LogP contribution in [0.1, 0.15) is 34.0 Å². The molecule has 0 saturated heterocycles. The molecule has 1 unspecified atom stereocenters. The van der Waals surface area contributed by atoms with Crippen LogP contribution in [-0.4, -0.2) is 11.0 Å². The lowest BCUT2D eigenvalue weighted by molar-refractivity contribution is 0.0993. The fraction of sp³-hybridized carbons (Fsp3) is 0.278. The van der Waals surface area contributed by atoms with E-state index >= 15 is 0 Å². The monoisotopic (exact) mass is 284 g/mol. The largest absolute Gasteiger partial charge is 0.293 e. The van der Waals surface area contributed by atoms with Crippen molar-refractivity contribution >= 4 is 17.5 Å². The number of thioether (sulfide) groups is 1. The van der Waals surface area contributed by atoms with Crippen molar-refractivity contribution in [2.24, 2.45) is 0 Å². The highest BCUT2D eigenvalue weighted by Crippen LogP contribution is 2.29. The van der Waals surface area contributed by atoms with Gasteiger partial charge in [-0.15, -0.1) is 11.8 Å². The number of hydrogen-bond acceptors (Lipinski definition) is 2. The Kier molecular flexibility index (Phi) is 4.66. The molecule has 2 aromatic carbocycles. The van der Waals surface area contributed by atoms with Crippen molar-refractivity contribution in [1.82, 2.24) is 0 Å². The predicted molar refractivity (Wildman–Crippen MR) is 86.7 cm³/mol. The number of benzene rings is 2. The van der Waals surface area contributed by atoms with E-state index in [1.165, 1.54) is 10.5 Å². The minimum atomic E-state index is -0.0726. The van der Waals surface area contributed by atoms with Gasteiger partial charge in [0, 0.05) is 10.5 Å². The summed E-state index contributed by atoms with van der Waals surface area (Å²) in [5.41, 5.74) is 4.25. The van der Waals surface area contributed by atoms with E-state index in [0.717, 1.165) is 16.7 Å². The van der Waals surface area contributed by atoms with E-state index in [0.29, 0.717) is 0 Å². The summed E-state index contributed by atoms with van der Waals surface area (Å²) >= 11 is 1.64. The summed E-state index contributed by atoms with van der Waals surface area (Å²) in [5.74, 6) is 0.208. The highest BCUT2D eigenvalue weighted by molar-refractivity contribution is 8.00. The van der Waals surface area contributed by atoms with Crippen molar-refractivity contribution in [1.29, 1.82) is 0 Å². The summed E-state index contributed by atoms with van der Waals surface area (Å²) < 4.78 is 0. The third-order valence-corrected chi connectivity index (χ3v) is 4.70. The maximum atomic E-state index is 12.6.